The number of carbonyl (C=O) groups is 1. The second kappa shape index (κ2) is 6.77. The van der Waals surface area contributed by atoms with Crippen LogP contribution in [0.4, 0.5) is 5.69 Å². The molecule has 0 atom stereocenters. The summed E-state index contributed by atoms with van der Waals surface area (Å²) in [5.74, 6) is 0. The Labute approximate surface area is 158 Å². The summed E-state index contributed by atoms with van der Waals surface area (Å²) in [5, 5.41) is 12.9. The quantitative estimate of drug-likeness (QED) is 0.278. The SMILES string of the molecule is CCc1ccc(-c2nc3scc(-c4cccc([N+](=O)[O-])c4)n3c2C=O)cc1. The van der Waals surface area contributed by atoms with Crippen molar-refractivity contribution in [2.75, 3.05) is 0 Å². The Morgan fingerprint density at radius 2 is 1.96 bits per heavy atom. The van der Waals surface area contributed by atoms with Crippen LogP contribution in [0.1, 0.15) is 23.0 Å². The van der Waals surface area contributed by atoms with E-state index in [2.05, 4.69) is 11.9 Å². The van der Waals surface area contributed by atoms with Crippen molar-refractivity contribution >= 4 is 28.3 Å². The lowest BCUT2D eigenvalue weighted by Gasteiger charge is -2.04. The summed E-state index contributed by atoms with van der Waals surface area (Å²) in [5.41, 5.74) is 4.53. The van der Waals surface area contributed by atoms with Gasteiger partial charge in [0.2, 0.25) is 0 Å². The number of nitro benzene ring substituents is 1. The minimum absolute atomic E-state index is 0.00926. The maximum atomic E-state index is 11.9. The van der Waals surface area contributed by atoms with E-state index in [1.165, 1.54) is 29.0 Å². The van der Waals surface area contributed by atoms with Crippen LogP contribution in [-0.2, 0) is 6.42 Å². The number of benzene rings is 2. The smallest absolute Gasteiger partial charge is 0.270 e. The number of aldehydes is 1. The summed E-state index contributed by atoms with van der Waals surface area (Å²) in [6.07, 6.45) is 1.73. The number of fused-ring (bicyclic) bond motifs is 1. The molecule has 2 aromatic heterocycles. The van der Waals surface area contributed by atoms with Crippen LogP contribution in [0.25, 0.3) is 27.5 Å². The third kappa shape index (κ3) is 2.92. The molecule has 0 saturated heterocycles. The molecular formula is C20H15N3O3S. The number of non-ortho nitro benzene ring substituents is 1. The van der Waals surface area contributed by atoms with Crippen LogP contribution in [-0.4, -0.2) is 20.6 Å². The van der Waals surface area contributed by atoms with Crippen molar-refractivity contribution in [3.63, 3.8) is 0 Å². The number of nitro groups is 1. The predicted molar refractivity (Wildman–Crippen MR) is 105 cm³/mol. The molecule has 4 aromatic rings. The first kappa shape index (κ1) is 17.1. The predicted octanol–water partition coefficient (Wildman–Crippen LogP) is 5.01. The molecular weight excluding hydrogens is 362 g/mol. The Morgan fingerprint density at radius 3 is 2.63 bits per heavy atom. The van der Waals surface area contributed by atoms with Gasteiger partial charge in [-0.1, -0.05) is 43.3 Å². The van der Waals surface area contributed by atoms with Crippen molar-refractivity contribution in [1.29, 1.82) is 0 Å². The molecule has 0 bridgehead atoms. The van der Waals surface area contributed by atoms with E-state index >= 15 is 0 Å². The van der Waals surface area contributed by atoms with Crippen LogP contribution < -0.4 is 0 Å². The lowest BCUT2D eigenvalue weighted by atomic mass is 10.1. The summed E-state index contributed by atoms with van der Waals surface area (Å²) >= 11 is 1.40. The van der Waals surface area contributed by atoms with Crippen molar-refractivity contribution in [3.05, 3.63) is 75.3 Å². The molecule has 0 N–H and O–H groups in total. The van der Waals surface area contributed by atoms with Gasteiger partial charge in [0.1, 0.15) is 11.4 Å². The fourth-order valence-corrected chi connectivity index (χ4v) is 3.98. The third-order valence-corrected chi connectivity index (χ3v) is 5.32. The standard InChI is InChI=1S/C20H15N3O3S/c1-2-13-6-8-14(9-7-13)19-17(11-24)22-18(12-27-20(22)21-19)15-4-3-5-16(10-15)23(25)26/h3-12H,2H2,1H3. The molecule has 0 spiro atoms. The summed E-state index contributed by atoms with van der Waals surface area (Å²) < 4.78 is 1.76. The Morgan fingerprint density at radius 1 is 1.19 bits per heavy atom. The van der Waals surface area contributed by atoms with Crippen molar-refractivity contribution in [2.24, 2.45) is 0 Å². The maximum Gasteiger partial charge on any atom is 0.270 e. The van der Waals surface area contributed by atoms with Crippen LogP contribution in [0.2, 0.25) is 0 Å². The number of imidazole rings is 1. The Hall–Kier alpha value is -3.32. The van der Waals surface area contributed by atoms with Crippen LogP contribution in [0.15, 0.2) is 53.9 Å². The molecule has 2 aromatic carbocycles. The molecule has 6 nitrogen and oxygen atoms in total. The number of aromatic nitrogens is 2. The molecule has 4 rings (SSSR count). The summed E-state index contributed by atoms with van der Waals surface area (Å²) in [7, 11) is 0. The van der Waals surface area contributed by atoms with Gasteiger partial charge in [-0.3, -0.25) is 19.3 Å². The Balaban J connectivity index is 1.89. The number of thiazole rings is 1. The fraction of sp³-hybridized carbons (Fsp3) is 0.100. The molecule has 0 fully saturated rings. The highest BCUT2D eigenvalue weighted by Gasteiger charge is 2.19. The number of rotatable bonds is 5. The monoisotopic (exact) mass is 377 g/mol. The highest BCUT2D eigenvalue weighted by Crippen LogP contribution is 2.33. The Kier molecular flexibility index (Phi) is 4.29. The minimum Gasteiger partial charge on any atom is -0.296 e. The lowest BCUT2D eigenvalue weighted by molar-refractivity contribution is -0.384. The maximum absolute atomic E-state index is 11.9. The highest BCUT2D eigenvalue weighted by molar-refractivity contribution is 7.15. The van der Waals surface area contributed by atoms with Gasteiger partial charge >= 0.3 is 0 Å². The molecule has 0 amide bonds. The van der Waals surface area contributed by atoms with Crippen LogP contribution in [0.5, 0.6) is 0 Å². The zero-order valence-corrected chi connectivity index (χ0v) is 15.3. The normalized spacial score (nSPS) is 11.0. The van der Waals surface area contributed by atoms with E-state index in [-0.39, 0.29) is 5.69 Å². The summed E-state index contributed by atoms with van der Waals surface area (Å²) in [4.78, 5) is 27.9. The van der Waals surface area contributed by atoms with Crippen LogP contribution in [0.3, 0.4) is 0 Å². The zero-order valence-electron chi connectivity index (χ0n) is 14.5. The number of aryl methyl sites for hydroxylation is 1. The second-order valence-corrected chi connectivity index (χ2v) is 6.90. The third-order valence-electron chi connectivity index (χ3n) is 4.50. The van der Waals surface area contributed by atoms with Crippen molar-refractivity contribution in [2.45, 2.75) is 13.3 Å². The zero-order chi connectivity index (χ0) is 19.0. The Bertz CT molecular complexity index is 1160. The average molecular weight is 377 g/mol. The molecule has 134 valence electrons. The second-order valence-electron chi connectivity index (χ2n) is 6.06. The van der Waals surface area contributed by atoms with Gasteiger partial charge in [0.15, 0.2) is 11.2 Å². The van der Waals surface area contributed by atoms with E-state index in [9.17, 15) is 14.9 Å². The number of hydrogen-bond acceptors (Lipinski definition) is 5. The van der Waals surface area contributed by atoms with E-state index in [0.717, 1.165) is 18.3 Å². The average Bonchev–Trinajstić information content (AvgIpc) is 3.27. The minimum atomic E-state index is -0.428. The van der Waals surface area contributed by atoms with Gasteiger partial charge in [0.25, 0.3) is 5.69 Å². The topological polar surface area (TPSA) is 77.5 Å². The van der Waals surface area contributed by atoms with E-state index < -0.39 is 4.92 Å². The number of hydrogen-bond donors (Lipinski definition) is 0. The van der Waals surface area contributed by atoms with Crippen LogP contribution >= 0.6 is 11.3 Å². The fourth-order valence-electron chi connectivity index (χ4n) is 3.08. The largest absolute Gasteiger partial charge is 0.296 e. The van der Waals surface area contributed by atoms with Crippen molar-refractivity contribution < 1.29 is 9.72 Å². The molecule has 0 aliphatic heterocycles. The molecule has 0 unspecified atom stereocenters. The number of carbonyl (C=O) groups excluding carboxylic acids is 1. The first-order valence-corrected chi connectivity index (χ1v) is 9.29. The summed E-state index contributed by atoms with van der Waals surface area (Å²) in [6.45, 7) is 2.09. The van der Waals surface area contributed by atoms with Crippen LogP contribution in [0, 0.1) is 10.1 Å². The van der Waals surface area contributed by atoms with Gasteiger partial charge in [-0.15, -0.1) is 11.3 Å². The van der Waals surface area contributed by atoms with Crippen molar-refractivity contribution in [1.82, 2.24) is 9.38 Å². The molecule has 7 heteroatoms. The molecule has 0 saturated carbocycles. The van der Waals surface area contributed by atoms with E-state index in [1.54, 1.807) is 16.5 Å². The van der Waals surface area contributed by atoms with Gasteiger partial charge in [-0.05, 0) is 12.0 Å². The van der Waals surface area contributed by atoms with Gasteiger partial charge < -0.3 is 0 Å². The van der Waals surface area contributed by atoms with Gasteiger partial charge in [0, 0.05) is 28.6 Å². The molecule has 27 heavy (non-hydrogen) atoms. The molecule has 0 radical (unpaired) electrons. The lowest BCUT2D eigenvalue weighted by Crippen LogP contribution is -1.95. The number of nitrogens with zero attached hydrogens (tertiary/aromatic N) is 3. The van der Waals surface area contributed by atoms with Gasteiger partial charge in [-0.2, -0.15) is 0 Å². The van der Waals surface area contributed by atoms with E-state index in [4.69, 9.17) is 0 Å². The van der Waals surface area contributed by atoms with Gasteiger partial charge in [-0.25, -0.2) is 4.98 Å². The van der Waals surface area contributed by atoms with E-state index in [1.807, 2.05) is 29.6 Å². The highest BCUT2D eigenvalue weighted by atomic mass is 32.1. The first-order chi connectivity index (χ1) is 13.1. The van der Waals surface area contributed by atoms with E-state index in [0.29, 0.717) is 27.6 Å². The van der Waals surface area contributed by atoms with Gasteiger partial charge in [0.05, 0.1) is 10.6 Å². The molecule has 2 heterocycles. The van der Waals surface area contributed by atoms with Crippen molar-refractivity contribution in [3.8, 4) is 22.5 Å². The molecule has 0 aliphatic rings. The molecule has 0 aliphatic carbocycles. The first-order valence-electron chi connectivity index (χ1n) is 8.41. The summed E-state index contributed by atoms with van der Waals surface area (Å²) in [6, 6.07) is 14.4.